The lowest BCUT2D eigenvalue weighted by molar-refractivity contribution is -0.120. The number of carbonyl (C=O) groups excluding carboxylic acids is 2. The molecule has 0 fully saturated rings. The Morgan fingerprint density at radius 1 is 1.13 bits per heavy atom. The fraction of sp³-hybridized carbons (Fsp3) is 0.208. The first kappa shape index (κ1) is 21.5. The zero-order valence-electron chi connectivity index (χ0n) is 17.5. The molecule has 4 rings (SSSR count). The molecule has 0 bridgehead atoms. The predicted octanol–water partition coefficient (Wildman–Crippen LogP) is 5.93. The second-order valence-electron chi connectivity index (χ2n) is 7.66. The van der Waals surface area contributed by atoms with Crippen molar-refractivity contribution in [2.24, 2.45) is 4.99 Å². The molecule has 31 heavy (non-hydrogen) atoms. The minimum Gasteiger partial charge on any atom is -0.325 e. The van der Waals surface area contributed by atoms with Crippen molar-refractivity contribution in [3.05, 3.63) is 73.9 Å². The maximum atomic E-state index is 13.3. The van der Waals surface area contributed by atoms with Crippen molar-refractivity contribution in [3.63, 3.8) is 0 Å². The molecule has 2 aromatic carbocycles. The molecule has 1 aliphatic rings. The van der Waals surface area contributed by atoms with Crippen molar-refractivity contribution in [1.82, 2.24) is 0 Å². The molecule has 0 saturated carbocycles. The molecule has 0 radical (unpaired) electrons. The van der Waals surface area contributed by atoms with Gasteiger partial charge in [0.15, 0.2) is 0 Å². The number of carbonyl (C=O) groups is 2. The van der Waals surface area contributed by atoms with Gasteiger partial charge < -0.3 is 10.2 Å². The lowest BCUT2D eigenvalue weighted by Gasteiger charge is -2.23. The van der Waals surface area contributed by atoms with Crippen LogP contribution < -0.4 is 10.2 Å². The highest BCUT2D eigenvalue weighted by atomic mass is 79.9. The SMILES string of the molecule is Cc1cccc(NC(=O)CN2C(=O)CC(c3ccc(Br)s3)=Nc3cc(C)c(C)cc32)c1. The van der Waals surface area contributed by atoms with E-state index >= 15 is 0 Å². The molecule has 0 saturated heterocycles. The summed E-state index contributed by atoms with van der Waals surface area (Å²) in [6.07, 6.45) is 0.136. The Labute approximate surface area is 193 Å². The number of anilines is 2. The highest BCUT2D eigenvalue weighted by Crippen LogP contribution is 2.36. The van der Waals surface area contributed by atoms with Crippen molar-refractivity contribution in [2.45, 2.75) is 27.2 Å². The van der Waals surface area contributed by atoms with Crippen LogP contribution in [-0.4, -0.2) is 24.1 Å². The Balaban J connectivity index is 1.67. The number of aryl methyl sites for hydroxylation is 3. The van der Waals surface area contributed by atoms with Gasteiger partial charge in [0.05, 0.1) is 32.2 Å². The molecule has 3 aromatic rings. The standard InChI is InChI=1S/C24H22BrN3O2S/c1-14-5-4-6-17(9-14)26-23(29)13-28-20-11-16(3)15(2)10-18(20)27-19(12-24(28)30)21-7-8-22(25)31-21/h4-11H,12-13H2,1-3H3,(H,26,29). The van der Waals surface area contributed by atoms with Gasteiger partial charge in [0, 0.05) is 5.69 Å². The first-order valence-corrected chi connectivity index (χ1v) is 11.5. The van der Waals surface area contributed by atoms with Gasteiger partial charge in [0.25, 0.3) is 0 Å². The van der Waals surface area contributed by atoms with E-state index in [4.69, 9.17) is 4.99 Å². The van der Waals surface area contributed by atoms with Gasteiger partial charge in [0.1, 0.15) is 6.54 Å². The number of nitrogens with zero attached hydrogens (tertiary/aromatic N) is 2. The van der Waals surface area contributed by atoms with E-state index in [1.807, 2.05) is 69.3 Å². The number of benzene rings is 2. The molecule has 1 N–H and O–H groups in total. The van der Waals surface area contributed by atoms with E-state index in [1.54, 1.807) is 16.2 Å². The van der Waals surface area contributed by atoms with Gasteiger partial charge in [-0.15, -0.1) is 11.3 Å². The summed E-state index contributed by atoms with van der Waals surface area (Å²) in [6, 6.07) is 15.4. The average molecular weight is 496 g/mol. The number of fused-ring (bicyclic) bond motifs is 1. The van der Waals surface area contributed by atoms with Crippen molar-refractivity contribution >= 4 is 61.9 Å². The normalized spacial score (nSPS) is 13.5. The minimum absolute atomic E-state index is 0.0702. The zero-order chi connectivity index (χ0) is 22.1. The maximum absolute atomic E-state index is 13.3. The van der Waals surface area contributed by atoms with Crippen LogP contribution in [0, 0.1) is 20.8 Å². The van der Waals surface area contributed by atoms with E-state index in [-0.39, 0.29) is 24.8 Å². The van der Waals surface area contributed by atoms with E-state index in [0.29, 0.717) is 22.8 Å². The number of halogens is 1. The van der Waals surface area contributed by atoms with Crippen LogP contribution >= 0.6 is 27.3 Å². The van der Waals surface area contributed by atoms with Gasteiger partial charge in [-0.05, 0) is 89.8 Å². The van der Waals surface area contributed by atoms with Gasteiger partial charge in [-0.1, -0.05) is 12.1 Å². The summed E-state index contributed by atoms with van der Waals surface area (Å²) in [6.45, 7) is 5.92. The Morgan fingerprint density at radius 2 is 1.90 bits per heavy atom. The Hall–Kier alpha value is -2.77. The quantitative estimate of drug-likeness (QED) is 0.487. The fourth-order valence-corrected chi connectivity index (χ4v) is 4.87. The molecule has 5 nitrogen and oxygen atoms in total. The minimum atomic E-state index is -0.245. The third kappa shape index (κ3) is 4.78. The summed E-state index contributed by atoms with van der Waals surface area (Å²) in [4.78, 5) is 33.4. The number of thiophene rings is 1. The molecule has 158 valence electrons. The first-order valence-electron chi connectivity index (χ1n) is 9.91. The molecular formula is C24H22BrN3O2S. The largest absolute Gasteiger partial charge is 0.325 e. The summed E-state index contributed by atoms with van der Waals surface area (Å²) in [5, 5.41) is 2.90. The molecular weight excluding hydrogens is 474 g/mol. The molecule has 0 unspecified atom stereocenters. The van der Waals surface area contributed by atoms with Crippen molar-refractivity contribution in [1.29, 1.82) is 0 Å². The molecule has 2 heterocycles. The van der Waals surface area contributed by atoms with Crippen molar-refractivity contribution in [3.8, 4) is 0 Å². The molecule has 7 heteroatoms. The van der Waals surface area contributed by atoms with Crippen LogP contribution in [0.4, 0.5) is 17.1 Å². The van der Waals surface area contributed by atoms with Gasteiger partial charge in [0.2, 0.25) is 11.8 Å². The molecule has 1 aliphatic heterocycles. The molecule has 1 aromatic heterocycles. The van der Waals surface area contributed by atoms with E-state index in [9.17, 15) is 9.59 Å². The van der Waals surface area contributed by atoms with Crippen LogP contribution in [0.5, 0.6) is 0 Å². The number of aliphatic imine (C=N–C) groups is 1. The van der Waals surface area contributed by atoms with Crippen LogP contribution in [0.25, 0.3) is 0 Å². The Bertz CT molecular complexity index is 1220. The van der Waals surface area contributed by atoms with E-state index in [1.165, 1.54) is 0 Å². The van der Waals surface area contributed by atoms with E-state index in [0.717, 1.165) is 25.4 Å². The molecule has 2 amide bonds. The highest BCUT2D eigenvalue weighted by Gasteiger charge is 2.28. The van der Waals surface area contributed by atoms with Crippen LogP contribution in [0.3, 0.4) is 0 Å². The van der Waals surface area contributed by atoms with Gasteiger partial charge >= 0.3 is 0 Å². The predicted molar refractivity (Wildman–Crippen MR) is 131 cm³/mol. The summed E-state index contributed by atoms with van der Waals surface area (Å²) in [5.74, 6) is -0.393. The van der Waals surface area contributed by atoms with Crippen LogP contribution in [0.15, 0.2) is 57.3 Å². The van der Waals surface area contributed by atoms with Crippen molar-refractivity contribution in [2.75, 3.05) is 16.8 Å². The second-order valence-corrected chi connectivity index (χ2v) is 10.1. The van der Waals surface area contributed by atoms with Gasteiger partial charge in [-0.2, -0.15) is 0 Å². The van der Waals surface area contributed by atoms with Gasteiger partial charge in [-0.25, -0.2) is 4.99 Å². The maximum Gasteiger partial charge on any atom is 0.244 e. The van der Waals surface area contributed by atoms with Crippen LogP contribution in [0.1, 0.15) is 28.0 Å². The third-order valence-corrected chi connectivity index (χ3v) is 6.89. The number of hydrogen-bond acceptors (Lipinski definition) is 4. The average Bonchev–Trinajstić information content (AvgIpc) is 3.09. The lowest BCUT2D eigenvalue weighted by Crippen LogP contribution is -2.38. The molecule has 0 aliphatic carbocycles. The summed E-state index contributed by atoms with van der Waals surface area (Å²) in [5.41, 5.74) is 6.00. The van der Waals surface area contributed by atoms with Crippen molar-refractivity contribution < 1.29 is 9.59 Å². The van der Waals surface area contributed by atoms with Gasteiger partial charge in [-0.3, -0.25) is 9.59 Å². The fourth-order valence-electron chi connectivity index (χ4n) is 3.50. The monoisotopic (exact) mass is 495 g/mol. The highest BCUT2D eigenvalue weighted by molar-refractivity contribution is 9.11. The Morgan fingerprint density at radius 3 is 2.61 bits per heavy atom. The van der Waals surface area contributed by atoms with E-state index < -0.39 is 0 Å². The lowest BCUT2D eigenvalue weighted by atomic mass is 10.1. The van der Waals surface area contributed by atoms with Crippen LogP contribution in [-0.2, 0) is 9.59 Å². The zero-order valence-corrected chi connectivity index (χ0v) is 19.9. The number of nitrogens with one attached hydrogen (secondary N) is 1. The molecule has 0 spiro atoms. The number of rotatable bonds is 4. The van der Waals surface area contributed by atoms with E-state index in [2.05, 4.69) is 21.2 Å². The topological polar surface area (TPSA) is 61.8 Å². The number of hydrogen-bond donors (Lipinski definition) is 1. The summed E-state index contributed by atoms with van der Waals surface area (Å²) < 4.78 is 0.983. The summed E-state index contributed by atoms with van der Waals surface area (Å²) >= 11 is 5.02. The third-order valence-electron chi connectivity index (χ3n) is 5.22. The smallest absolute Gasteiger partial charge is 0.244 e. The molecule has 0 atom stereocenters. The summed E-state index contributed by atoms with van der Waals surface area (Å²) in [7, 11) is 0. The number of amides is 2. The second kappa shape index (κ2) is 8.77. The van der Waals surface area contributed by atoms with Crippen LogP contribution in [0.2, 0.25) is 0 Å². The Kier molecular flexibility index (Phi) is 6.07. The first-order chi connectivity index (χ1) is 14.8.